The molecule has 0 bridgehead atoms. The quantitative estimate of drug-likeness (QED) is 0.530. The van der Waals surface area contributed by atoms with Crippen LogP contribution in [0.25, 0.3) is 0 Å². The van der Waals surface area contributed by atoms with Crippen LogP contribution in [0.15, 0.2) is 24.3 Å². The van der Waals surface area contributed by atoms with Crippen molar-refractivity contribution in [3.05, 3.63) is 35.4 Å². The summed E-state index contributed by atoms with van der Waals surface area (Å²) in [5.41, 5.74) is -0.0579. The van der Waals surface area contributed by atoms with Crippen molar-refractivity contribution in [1.29, 1.82) is 0 Å². The lowest BCUT2D eigenvalue weighted by Crippen LogP contribution is -2.59. The highest BCUT2D eigenvalue weighted by atomic mass is 16.6. The van der Waals surface area contributed by atoms with Crippen molar-refractivity contribution >= 4 is 17.9 Å². The molecule has 186 valence electrons. The first-order valence-electron chi connectivity index (χ1n) is 11.6. The van der Waals surface area contributed by atoms with Crippen LogP contribution in [0.4, 0.5) is 4.79 Å². The standard InChI is InChI=1S/C26H37N3O5/c1-8-17-12-14-18(15-13-17)21(22(31)28-25(2,3)4)29(19-10-9-11-19)23(32)20(16-30)27-24(33)34-26(5,6)7/h1,12-15,19-21,30H,9-11,16H2,2-7H3,(H,27,33)(H,28,31). The van der Waals surface area contributed by atoms with Gasteiger partial charge in [0.1, 0.15) is 17.7 Å². The molecule has 3 amide bonds. The molecular weight excluding hydrogens is 434 g/mol. The zero-order chi connectivity index (χ0) is 25.7. The number of aliphatic hydroxyl groups is 1. The topological polar surface area (TPSA) is 108 Å². The van der Waals surface area contributed by atoms with Gasteiger partial charge < -0.3 is 25.4 Å². The third kappa shape index (κ3) is 7.49. The Morgan fingerprint density at radius 3 is 2.15 bits per heavy atom. The summed E-state index contributed by atoms with van der Waals surface area (Å²) < 4.78 is 5.25. The molecule has 2 unspecified atom stereocenters. The molecule has 0 aliphatic heterocycles. The minimum atomic E-state index is -1.26. The molecule has 1 aromatic rings. The molecule has 34 heavy (non-hydrogen) atoms. The van der Waals surface area contributed by atoms with Crippen LogP contribution >= 0.6 is 0 Å². The van der Waals surface area contributed by atoms with Crippen LogP contribution in [-0.2, 0) is 14.3 Å². The molecule has 1 aliphatic carbocycles. The number of carbonyl (C=O) groups excluding carboxylic acids is 3. The molecule has 3 N–H and O–H groups in total. The van der Waals surface area contributed by atoms with Gasteiger partial charge in [0.25, 0.3) is 0 Å². The van der Waals surface area contributed by atoms with Gasteiger partial charge in [-0.15, -0.1) is 6.42 Å². The molecule has 0 heterocycles. The molecule has 0 saturated heterocycles. The Balaban J connectivity index is 2.45. The van der Waals surface area contributed by atoms with E-state index in [0.29, 0.717) is 11.1 Å². The maximum Gasteiger partial charge on any atom is 0.408 e. The minimum absolute atomic E-state index is 0.204. The summed E-state index contributed by atoms with van der Waals surface area (Å²) in [5.74, 6) is 1.65. The van der Waals surface area contributed by atoms with Gasteiger partial charge in [-0.25, -0.2) is 4.79 Å². The monoisotopic (exact) mass is 471 g/mol. The van der Waals surface area contributed by atoms with Crippen LogP contribution in [0.2, 0.25) is 0 Å². The summed E-state index contributed by atoms with van der Waals surface area (Å²) >= 11 is 0. The average Bonchev–Trinajstić information content (AvgIpc) is 2.67. The summed E-state index contributed by atoms with van der Waals surface area (Å²) in [6.45, 7) is 10.1. The number of carbonyl (C=O) groups is 3. The van der Waals surface area contributed by atoms with Gasteiger partial charge in [0.15, 0.2) is 0 Å². The second kappa shape index (κ2) is 10.9. The Kier molecular flexibility index (Phi) is 8.73. The van der Waals surface area contributed by atoms with Gasteiger partial charge in [-0.05, 0) is 78.5 Å². The molecule has 2 rings (SSSR count). The summed E-state index contributed by atoms with van der Waals surface area (Å²) in [6.07, 6.45) is 7.02. The number of rotatable bonds is 7. The molecule has 0 spiro atoms. The Hall–Kier alpha value is -3.05. The number of nitrogens with one attached hydrogen (secondary N) is 2. The molecule has 1 aliphatic rings. The number of benzene rings is 1. The van der Waals surface area contributed by atoms with Gasteiger partial charge >= 0.3 is 6.09 Å². The number of hydrogen-bond acceptors (Lipinski definition) is 5. The van der Waals surface area contributed by atoms with Crippen LogP contribution < -0.4 is 10.6 Å². The van der Waals surface area contributed by atoms with Crippen molar-refractivity contribution in [2.75, 3.05) is 6.61 Å². The Morgan fingerprint density at radius 1 is 1.15 bits per heavy atom. The van der Waals surface area contributed by atoms with E-state index >= 15 is 0 Å². The second-order valence-electron chi connectivity index (χ2n) is 10.6. The third-order valence-corrected chi connectivity index (χ3v) is 5.31. The van der Waals surface area contributed by atoms with Crippen molar-refractivity contribution in [2.24, 2.45) is 0 Å². The lowest BCUT2D eigenvalue weighted by atomic mass is 9.87. The Bertz CT molecular complexity index is 918. The summed E-state index contributed by atoms with van der Waals surface area (Å²) in [5, 5.41) is 15.4. The number of hydrogen-bond donors (Lipinski definition) is 3. The van der Waals surface area contributed by atoms with Crippen molar-refractivity contribution in [2.45, 2.75) is 90.1 Å². The maximum absolute atomic E-state index is 13.7. The highest BCUT2D eigenvalue weighted by molar-refractivity contribution is 5.92. The first kappa shape index (κ1) is 27.2. The molecule has 8 heteroatoms. The number of aliphatic hydroxyl groups excluding tert-OH is 1. The van der Waals surface area contributed by atoms with E-state index in [1.165, 1.54) is 4.90 Å². The van der Waals surface area contributed by atoms with Crippen LogP contribution in [0.3, 0.4) is 0 Å². The summed E-state index contributed by atoms with van der Waals surface area (Å²) in [6, 6.07) is 4.48. The zero-order valence-corrected chi connectivity index (χ0v) is 21.0. The zero-order valence-electron chi connectivity index (χ0n) is 21.0. The second-order valence-corrected chi connectivity index (χ2v) is 10.6. The van der Waals surface area contributed by atoms with Crippen molar-refractivity contribution in [1.82, 2.24) is 15.5 Å². The highest BCUT2D eigenvalue weighted by Crippen LogP contribution is 2.34. The van der Waals surface area contributed by atoms with Gasteiger partial charge in [0.2, 0.25) is 11.8 Å². The van der Waals surface area contributed by atoms with Crippen molar-refractivity contribution in [3.8, 4) is 12.3 Å². The van der Waals surface area contributed by atoms with Crippen molar-refractivity contribution < 1.29 is 24.2 Å². The first-order chi connectivity index (χ1) is 15.8. The average molecular weight is 472 g/mol. The van der Waals surface area contributed by atoms with Gasteiger partial charge in [-0.2, -0.15) is 0 Å². The summed E-state index contributed by atoms with van der Waals surface area (Å²) in [7, 11) is 0. The van der Waals surface area contributed by atoms with Gasteiger partial charge in [-0.1, -0.05) is 18.1 Å². The largest absolute Gasteiger partial charge is 0.444 e. The third-order valence-electron chi connectivity index (χ3n) is 5.31. The SMILES string of the molecule is C#Cc1ccc(C(C(=O)NC(C)(C)C)N(C(=O)C(CO)NC(=O)OC(C)(C)C)C2CCC2)cc1. The van der Waals surface area contributed by atoms with E-state index in [9.17, 15) is 19.5 Å². The fourth-order valence-electron chi connectivity index (χ4n) is 3.64. The highest BCUT2D eigenvalue weighted by Gasteiger charge is 2.42. The Morgan fingerprint density at radius 2 is 1.74 bits per heavy atom. The van der Waals surface area contributed by atoms with Crippen LogP contribution in [0.5, 0.6) is 0 Å². The molecule has 0 radical (unpaired) electrons. The van der Waals surface area contributed by atoms with E-state index in [0.717, 1.165) is 19.3 Å². The van der Waals surface area contributed by atoms with Crippen molar-refractivity contribution in [3.63, 3.8) is 0 Å². The summed E-state index contributed by atoms with van der Waals surface area (Å²) in [4.78, 5) is 41.0. The Labute approximate surface area is 202 Å². The number of alkyl carbamates (subject to hydrolysis) is 1. The lowest BCUT2D eigenvalue weighted by Gasteiger charge is -2.44. The van der Waals surface area contributed by atoms with Gasteiger partial charge in [0, 0.05) is 17.1 Å². The van der Waals surface area contributed by atoms with E-state index in [1.807, 2.05) is 20.8 Å². The van der Waals surface area contributed by atoms with Gasteiger partial charge in [0.05, 0.1) is 6.61 Å². The van der Waals surface area contributed by atoms with E-state index in [-0.39, 0.29) is 11.9 Å². The predicted molar refractivity (Wildman–Crippen MR) is 130 cm³/mol. The molecular formula is C26H37N3O5. The molecule has 1 fully saturated rings. The molecule has 1 saturated carbocycles. The normalized spacial score (nSPS) is 15.8. The fourth-order valence-corrected chi connectivity index (χ4v) is 3.64. The maximum atomic E-state index is 13.7. The molecule has 0 aromatic heterocycles. The molecule has 8 nitrogen and oxygen atoms in total. The lowest BCUT2D eigenvalue weighted by molar-refractivity contribution is -0.148. The van der Waals surface area contributed by atoms with Crippen LogP contribution in [0, 0.1) is 12.3 Å². The van der Waals surface area contributed by atoms with E-state index in [1.54, 1.807) is 45.0 Å². The smallest absolute Gasteiger partial charge is 0.408 e. The van der Waals surface area contributed by atoms with Crippen LogP contribution in [-0.4, -0.2) is 57.7 Å². The minimum Gasteiger partial charge on any atom is -0.444 e. The molecule has 2 atom stereocenters. The fraction of sp³-hybridized carbons (Fsp3) is 0.577. The van der Waals surface area contributed by atoms with Gasteiger partial charge in [-0.3, -0.25) is 9.59 Å². The van der Waals surface area contributed by atoms with E-state index in [4.69, 9.17) is 11.2 Å². The number of nitrogens with zero attached hydrogens (tertiary/aromatic N) is 1. The van der Waals surface area contributed by atoms with E-state index in [2.05, 4.69) is 16.6 Å². The number of terminal acetylenes is 1. The number of ether oxygens (including phenoxy) is 1. The first-order valence-corrected chi connectivity index (χ1v) is 11.6. The molecule has 1 aromatic carbocycles. The number of amides is 3. The van der Waals surface area contributed by atoms with E-state index < -0.39 is 41.8 Å². The van der Waals surface area contributed by atoms with Crippen LogP contribution in [0.1, 0.15) is 78.0 Å². The predicted octanol–water partition coefficient (Wildman–Crippen LogP) is 2.89.